The molecule has 0 atom stereocenters. The molecule has 0 heterocycles. The van der Waals surface area contributed by atoms with Crippen molar-refractivity contribution in [2.24, 2.45) is 17.1 Å². The SMILES string of the molecule is NC1CCC(NCC2(C3CC3)CC2)CC1. The van der Waals surface area contributed by atoms with Crippen LogP contribution < -0.4 is 11.1 Å². The molecule has 0 unspecified atom stereocenters. The lowest BCUT2D eigenvalue weighted by Crippen LogP contribution is -2.40. The van der Waals surface area contributed by atoms with Crippen LogP contribution in [0, 0.1) is 11.3 Å². The van der Waals surface area contributed by atoms with Crippen molar-refractivity contribution in [3.63, 3.8) is 0 Å². The first-order chi connectivity index (χ1) is 7.28. The van der Waals surface area contributed by atoms with Crippen molar-refractivity contribution >= 4 is 0 Å². The van der Waals surface area contributed by atoms with Gasteiger partial charge in [0, 0.05) is 18.6 Å². The van der Waals surface area contributed by atoms with E-state index in [0.717, 1.165) is 17.4 Å². The molecule has 0 spiro atoms. The number of rotatable bonds is 4. The van der Waals surface area contributed by atoms with Crippen LogP contribution in [-0.2, 0) is 0 Å². The summed E-state index contributed by atoms with van der Waals surface area (Å²) in [4.78, 5) is 0. The fraction of sp³-hybridized carbons (Fsp3) is 1.00. The van der Waals surface area contributed by atoms with E-state index in [2.05, 4.69) is 5.32 Å². The van der Waals surface area contributed by atoms with Gasteiger partial charge in [0.2, 0.25) is 0 Å². The molecule has 0 aromatic heterocycles. The Hall–Kier alpha value is -0.0800. The van der Waals surface area contributed by atoms with E-state index in [1.807, 2.05) is 0 Å². The molecule has 15 heavy (non-hydrogen) atoms. The Labute approximate surface area is 93.0 Å². The Morgan fingerprint density at radius 3 is 2.20 bits per heavy atom. The van der Waals surface area contributed by atoms with Gasteiger partial charge in [0.05, 0.1) is 0 Å². The molecule has 0 aromatic carbocycles. The molecule has 0 saturated heterocycles. The van der Waals surface area contributed by atoms with Gasteiger partial charge >= 0.3 is 0 Å². The normalized spacial score (nSPS) is 39.0. The molecule has 86 valence electrons. The first-order valence-corrected chi connectivity index (χ1v) is 6.77. The highest BCUT2D eigenvalue weighted by Gasteiger charge is 2.53. The molecule has 0 amide bonds. The molecule has 0 aromatic rings. The maximum Gasteiger partial charge on any atom is 0.00684 e. The van der Waals surface area contributed by atoms with E-state index in [-0.39, 0.29) is 0 Å². The molecular formula is C13H24N2. The first-order valence-electron chi connectivity index (χ1n) is 6.77. The first kappa shape index (κ1) is 10.1. The highest BCUT2D eigenvalue weighted by molar-refractivity contribution is 5.05. The second kappa shape index (κ2) is 3.74. The molecule has 0 bridgehead atoms. The molecule has 0 radical (unpaired) electrons. The number of hydrogen-bond acceptors (Lipinski definition) is 2. The second-order valence-corrected chi connectivity index (χ2v) is 6.13. The fourth-order valence-electron chi connectivity index (χ4n) is 3.26. The van der Waals surface area contributed by atoms with E-state index in [1.165, 1.54) is 57.9 Å². The van der Waals surface area contributed by atoms with Gasteiger partial charge in [-0.05, 0) is 62.7 Å². The monoisotopic (exact) mass is 208 g/mol. The Morgan fingerprint density at radius 1 is 1.00 bits per heavy atom. The van der Waals surface area contributed by atoms with Gasteiger partial charge in [0.25, 0.3) is 0 Å². The molecule has 3 fully saturated rings. The minimum Gasteiger partial charge on any atom is -0.328 e. The van der Waals surface area contributed by atoms with Crippen molar-refractivity contribution in [1.82, 2.24) is 5.32 Å². The third-order valence-electron chi connectivity index (χ3n) is 4.85. The fourth-order valence-corrected chi connectivity index (χ4v) is 3.26. The summed E-state index contributed by atoms with van der Waals surface area (Å²) in [6, 6.07) is 1.27. The van der Waals surface area contributed by atoms with Crippen molar-refractivity contribution in [2.45, 2.75) is 63.5 Å². The van der Waals surface area contributed by atoms with Gasteiger partial charge in [-0.15, -0.1) is 0 Å². The Bertz CT molecular complexity index is 223. The van der Waals surface area contributed by atoms with Crippen LogP contribution in [0.3, 0.4) is 0 Å². The van der Waals surface area contributed by atoms with E-state index in [9.17, 15) is 0 Å². The van der Waals surface area contributed by atoms with E-state index < -0.39 is 0 Å². The van der Waals surface area contributed by atoms with Crippen molar-refractivity contribution in [3.8, 4) is 0 Å². The van der Waals surface area contributed by atoms with Crippen molar-refractivity contribution < 1.29 is 0 Å². The summed E-state index contributed by atoms with van der Waals surface area (Å²) in [5.74, 6) is 1.09. The maximum atomic E-state index is 5.92. The van der Waals surface area contributed by atoms with Gasteiger partial charge < -0.3 is 11.1 Å². The summed E-state index contributed by atoms with van der Waals surface area (Å²) in [5.41, 5.74) is 6.69. The largest absolute Gasteiger partial charge is 0.328 e. The number of hydrogen-bond donors (Lipinski definition) is 2. The van der Waals surface area contributed by atoms with Crippen molar-refractivity contribution in [2.75, 3.05) is 6.54 Å². The molecule has 3 rings (SSSR count). The summed E-state index contributed by atoms with van der Waals surface area (Å²) >= 11 is 0. The predicted molar refractivity (Wildman–Crippen MR) is 62.6 cm³/mol. The number of nitrogens with two attached hydrogens (primary N) is 1. The Kier molecular flexibility index (Phi) is 2.52. The van der Waals surface area contributed by atoms with Crippen LogP contribution in [-0.4, -0.2) is 18.6 Å². The highest BCUT2D eigenvalue weighted by atomic mass is 14.9. The molecule has 3 aliphatic rings. The van der Waals surface area contributed by atoms with Gasteiger partial charge in [-0.2, -0.15) is 0 Å². The van der Waals surface area contributed by atoms with Crippen LogP contribution in [0.4, 0.5) is 0 Å². The highest BCUT2D eigenvalue weighted by Crippen LogP contribution is 2.60. The molecule has 3 N–H and O–H groups in total. The predicted octanol–water partition coefficient (Wildman–Crippen LogP) is 2.04. The van der Waals surface area contributed by atoms with Gasteiger partial charge in [0.1, 0.15) is 0 Å². The molecule has 0 aliphatic heterocycles. The van der Waals surface area contributed by atoms with Crippen LogP contribution in [0.15, 0.2) is 0 Å². The number of nitrogens with one attached hydrogen (secondary N) is 1. The molecule has 2 nitrogen and oxygen atoms in total. The van der Waals surface area contributed by atoms with Gasteiger partial charge in [-0.1, -0.05) is 0 Å². The average Bonchev–Trinajstić information content (AvgIpc) is 3.10. The topological polar surface area (TPSA) is 38.0 Å². The summed E-state index contributed by atoms with van der Waals surface area (Å²) in [6.45, 7) is 1.30. The van der Waals surface area contributed by atoms with Crippen LogP contribution in [0.2, 0.25) is 0 Å². The smallest absolute Gasteiger partial charge is 0.00684 e. The van der Waals surface area contributed by atoms with Crippen LogP contribution in [0.1, 0.15) is 51.4 Å². The van der Waals surface area contributed by atoms with Crippen LogP contribution in [0.25, 0.3) is 0 Å². The lowest BCUT2D eigenvalue weighted by molar-refractivity contribution is 0.304. The van der Waals surface area contributed by atoms with E-state index in [4.69, 9.17) is 5.73 Å². The minimum atomic E-state index is 0.487. The zero-order valence-electron chi connectivity index (χ0n) is 9.67. The molecule has 2 heteroatoms. The van der Waals surface area contributed by atoms with Crippen molar-refractivity contribution in [3.05, 3.63) is 0 Å². The summed E-state index contributed by atoms with van der Waals surface area (Å²) in [6.07, 6.45) is 11.1. The Morgan fingerprint density at radius 2 is 1.67 bits per heavy atom. The Balaban J connectivity index is 1.42. The molecule has 3 saturated carbocycles. The van der Waals surface area contributed by atoms with E-state index >= 15 is 0 Å². The third-order valence-corrected chi connectivity index (χ3v) is 4.85. The minimum absolute atomic E-state index is 0.487. The van der Waals surface area contributed by atoms with Crippen molar-refractivity contribution in [1.29, 1.82) is 0 Å². The van der Waals surface area contributed by atoms with Gasteiger partial charge in [0.15, 0.2) is 0 Å². The third kappa shape index (κ3) is 2.21. The molecule has 3 aliphatic carbocycles. The average molecular weight is 208 g/mol. The standard InChI is InChI=1S/C13H24N2/c14-11-3-5-12(6-4-11)15-9-13(7-8-13)10-1-2-10/h10-12,15H,1-9,14H2. The molecular weight excluding hydrogens is 184 g/mol. The van der Waals surface area contributed by atoms with Crippen LogP contribution in [0.5, 0.6) is 0 Å². The zero-order valence-corrected chi connectivity index (χ0v) is 9.67. The second-order valence-electron chi connectivity index (χ2n) is 6.13. The van der Waals surface area contributed by atoms with Gasteiger partial charge in [-0.25, -0.2) is 0 Å². The van der Waals surface area contributed by atoms with E-state index in [1.54, 1.807) is 0 Å². The van der Waals surface area contributed by atoms with E-state index in [0.29, 0.717) is 6.04 Å². The lowest BCUT2D eigenvalue weighted by Gasteiger charge is -2.28. The summed E-state index contributed by atoms with van der Waals surface area (Å²) in [7, 11) is 0. The summed E-state index contributed by atoms with van der Waals surface area (Å²) in [5, 5.41) is 3.81. The maximum absolute atomic E-state index is 5.92. The van der Waals surface area contributed by atoms with Gasteiger partial charge in [-0.3, -0.25) is 0 Å². The lowest BCUT2D eigenvalue weighted by atomic mass is 9.91. The quantitative estimate of drug-likeness (QED) is 0.742. The van der Waals surface area contributed by atoms with Crippen LogP contribution >= 0.6 is 0 Å². The zero-order chi connectivity index (χ0) is 10.3. The summed E-state index contributed by atoms with van der Waals surface area (Å²) < 4.78 is 0.